The van der Waals surface area contributed by atoms with Crippen LogP contribution in [0.25, 0.3) is 6.08 Å². The lowest BCUT2D eigenvalue weighted by Gasteiger charge is -2.07. The Morgan fingerprint density at radius 3 is 2.44 bits per heavy atom. The molecule has 2 aromatic rings. The topological polar surface area (TPSA) is 9.23 Å². The largest absolute Gasteiger partial charge is 0.431 e. The molecule has 0 aromatic heterocycles. The quantitative estimate of drug-likeness (QED) is 0.712. The predicted octanol–water partition coefficient (Wildman–Crippen LogP) is 4.60. The summed E-state index contributed by atoms with van der Waals surface area (Å²) in [6.45, 7) is 2.01. The van der Waals surface area contributed by atoms with Crippen LogP contribution in [0, 0.1) is 0 Å². The number of ether oxygens (including phenoxy) is 1. The maximum absolute atomic E-state index is 13.7. The lowest BCUT2D eigenvalue weighted by Crippen LogP contribution is -1.93. The van der Waals surface area contributed by atoms with Crippen LogP contribution in [0.3, 0.4) is 0 Å². The highest BCUT2D eigenvalue weighted by atomic mass is 19.1. The molecule has 18 heavy (non-hydrogen) atoms. The van der Waals surface area contributed by atoms with E-state index in [0.29, 0.717) is 5.75 Å². The maximum atomic E-state index is 13.7. The molecule has 0 unspecified atom stereocenters. The van der Waals surface area contributed by atoms with Gasteiger partial charge in [0.25, 0.3) is 6.01 Å². The van der Waals surface area contributed by atoms with Gasteiger partial charge in [-0.2, -0.15) is 4.39 Å². The SMILES string of the molecule is CCc1ccccc1O/C(F)=C\c1ccccc1. The Bertz CT molecular complexity index is 532. The highest BCUT2D eigenvalue weighted by molar-refractivity contribution is 5.50. The summed E-state index contributed by atoms with van der Waals surface area (Å²) in [5.74, 6) is 0.574. The predicted molar refractivity (Wildman–Crippen MR) is 72.0 cm³/mol. The minimum atomic E-state index is -0.595. The van der Waals surface area contributed by atoms with E-state index in [1.54, 1.807) is 6.07 Å². The number of para-hydroxylation sites is 1. The van der Waals surface area contributed by atoms with E-state index < -0.39 is 6.01 Å². The number of rotatable bonds is 4. The van der Waals surface area contributed by atoms with E-state index in [4.69, 9.17) is 4.74 Å². The van der Waals surface area contributed by atoms with Crippen LogP contribution in [-0.2, 0) is 6.42 Å². The van der Waals surface area contributed by atoms with E-state index in [1.807, 2.05) is 55.5 Å². The van der Waals surface area contributed by atoms with Gasteiger partial charge in [0, 0.05) is 6.08 Å². The van der Waals surface area contributed by atoms with Crippen molar-refractivity contribution in [2.24, 2.45) is 0 Å². The first-order valence-corrected chi connectivity index (χ1v) is 5.97. The average Bonchev–Trinajstić information content (AvgIpc) is 2.40. The zero-order valence-electron chi connectivity index (χ0n) is 10.3. The number of halogens is 1. The highest BCUT2D eigenvalue weighted by Gasteiger charge is 2.04. The molecule has 0 radical (unpaired) electrons. The van der Waals surface area contributed by atoms with Gasteiger partial charge in [-0.25, -0.2) is 0 Å². The molecule has 0 aliphatic carbocycles. The van der Waals surface area contributed by atoms with E-state index in [1.165, 1.54) is 6.08 Å². The first-order valence-electron chi connectivity index (χ1n) is 5.97. The molecule has 0 atom stereocenters. The van der Waals surface area contributed by atoms with Crippen molar-refractivity contribution < 1.29 is 9.13 Å². The number of aryl methyl sites for hydroxylation is 1. The smallest absolute Gasteiger partial charge is 0.278 e. The van der Waals surface area contributed by atoms with Gasteiger partial charge in [0.05, 0.1) is 0 Å². The summed E-state index contributed by atoms with van der Waals surface area (Å²) in [4.78, 5) is 0. The molecule has 0 spiro atoms. The average molecular weight is 242 g/mol. The molecular formula is C16H15FO. The van der Waals surface area contributed by atoms with Gasteiger partial charge in [-0.05, 0) is 23.6 Å². The third kappa shape index (κ3) is 3.20. The van der Waals surface area contributed by atoms with Crippen molar-refractivity contribution in [2.75, 3.05) is 0 Å². The first kappa shape index (κ1) is 12.4. The number of benzene rings is 2. The normalized spacial score (nSPS) is 11.3. The van der Waals surface area contributed by atoms with Crippen molar-refractivity contribution in [1.82, 2.24) is 0 Å². The van der Waals surface area contributed by atoms with Gasteiger partial charge in [-0.3, -0.25) is 0 Å². The lowest BCUT2D eigenvalue weighted by atomic mass is 10.1. The molecule has 92 valence electrons. The summed E-state index contributed by atoms with van der Waals surface area (Å²) < 4.78 is 19.0. The molecule has 2 heteroatoms. The lowest BCUT2D eigenvalue weighted by molar-refractivity contribution is 0.305. The Balaban J connectivity index is 2.16. The van der Waals surface area contributed by atoms with Crippen molar-refractivity contribution in [3.8, 4) is 5.75 Å². The third-order valence-corrected chi connectivity index (χ3v) is 2.64. The summed E-state index contributed by atoms with van der Waals surface area (Å²) in [6.07, 6.45) is 2.20. The van der Waals surface area contributed by atoms with E-state index in [2.05, 4.69) is 0 Å². The molecule has 0 aliphatic rings. The van der Waals surface area contributed by atoms with Gasteiger partial charge in [0.2, 0.25) is 0 Å². The molecule has 2 aromatic carbocycles. The molecular weight excluding hydrogens is 227 g/mol. The summed E-state index contributed by atoms with van der Waals surface area (Å²) in [5.41, 5.74) is 1.78. The zero-order chi connectivity index (χ0) is 12.8. The summed E-state index contributed by atoms with van der Waals surface area (Å²) in [5, 5.41) is 0. The van der Waals surface area contributed by atoms with Crippen LogP contribution in [0.15, 0.2) is 60.6 Å². The highest BCUT2D eigenvalue weighted by Crippen LogP contribution is 2.22. The minimum Gasteiger partial charge on any atom is -0.431 e. The van der Waals surface area contributed by atoms with Crippen LogP contribution >= 0.6 is 0 Å². The summed E-state index contributed by atoms with van der Waals surface area (Å²) in [7, 11) is 0. The van der Waals surface area contributed by atoms with Crippen LogP contribution in [0.4, 0.5) is 4.39 Å². The summed E-state index contributed by atoms with van der Waals surface area (Å²) >= 11 is 0. The molecule has 0 aliphatic heterocycles. The van der Waals surface area contributed by atoms with Gasteiger partial charge in [-0.15, -0.1) is 0 Å². The minimum absolute atomic E-state index is 0.574. The second-order valence-corrected chi connectivity index (χ2v) is 3.92. The van der Waals surface area contributed by atoms with Crippen molar-refractivity contribution in [1.29, 1.82) is 0 Å². The molecule has 0 bridgehead atoms. The fraction of sp³-hybridized carbons (Fsp3) is 0.125. The second kappa shape index (κ2) is 6.01. The van der Waals surface area contributed by atoms with Crippen molar-refractivity contribution in [3.05, 3.63) is 71.7 Å². The monoisotopic (exact) mass is 242 g/mol. The standard InChI is InChI=1S/C16H15FO/c1-2-14-10-6-7-11-15(14)18-16(17)12-13-8-4-3-5-9-13/h3-12H,2H2,1H3/b16-12-. The first-order chi connectivity index (χ1) is 8.79. The molecule has 0 saturated carbocycles. The molecule has 2 rings (SSSR count). The van der Waals surface area contributed by atoms with Crippen LogP contribution in [0.5, 0.6) is 5.75 Å². The molecule has 0 heterocycles. The van der Waals surface area contributed by atoms with Gasteiger partial charge < -0.3 is 4.74 Å². The van der Waals surface area contributed by atoms with E-state index in [9.17, 15) is 4.39 Å². The summed E-state index contributed by atoms with van der Waals surface area (Å²) in [6, 6.07) is 16.1. The van der Waals surface area contributed by atoms with Gasteiger partial charge in [-0.1, -0.05) is 55.5 Å². The van der Waals surface area contributed by atoms with Crippen molar-refractivity contribution in [2.45, 2.75) is 13.3 Å². The molecule has 0 N–H and O–H groups in total. The molecule has 0 saturated heterocycles. The van der Waals surface area contributed by atoms with Crippen molar-refractivity contribution >= 4 is 6.08 Å². The molecule has 0 amide bonds. The Morgan fingerprint density at radius 1 is 1.06 bits per heavy atom. The molecule has 1 nitrogen and oxygen atoms in total. The zero-order valence-corrected chi connectivity index (χ0v) is 10.3. The van der Waals surface area contributed by atoms with E-state index in [-0.39, 0.29) is 0 Å². The van der Waals surface area contributed by atoms with Crippen LogP contribution < -0.4 is 4.74 Å². The fourth-order valence-electron chi connectivity index (χ4n) is 1.71. The van der Waals surface area contributed by atoms with Crippen LogP contribution in [0.1, 0.15) is 18.1 Å². The number of hydrogen-bond acceptors (Lipinski definition) is 1. The van der Waals surface area contributed by atoms with E-state index in [0.717, 1.165) is 17.5 Å². The van der Waals surface area contributed by atoms with E-state index >= 15 is 0 Å². The maximum Gasteiger partial charge on any atom is 0.278 e. The number of hydrogen-bond donors (Lipinski definition) is 0. The fourth-order valence-corrected chi connectivity index (χ4v) is 1.71. The Morgan fingerprint density at radius 2 is 1.72 bits per heavy atom. The Kier molecular flexibility index (Phi) is 4.13. The van der Waals surface area contributed by atoms with Gasteiger partial charge in [0.1, 0.15) is 5.75 Å². The van der Waals surface area contributed by atoms with Crippen LogP contribution in [-0.4, -0.2) is 0 Å². The van der Waals surface area contributed by atoms with Crippen LogP contribution in [0.2, 0.25) is 0 Å². The van der Waals surface area contributed by atoms with Crippen molar-refractivity contribution in [3.63, 3.8) is 0 Å². The van der Waals surface area contributed by atoms with Gasteiger partial charge in [0.15, 0.2) is 0 Å². The Hall–Kier alpha value is -2.09. The van der Waals surface area contributed by atoms with Gasteiger partial charge >= 0.3 is 0 Å². The molecule has 0 fully saturated rings. The third-order valence-electron chi connectivity index (χ3n) is 2.64. The Labute approximate surface area is 107 Å². The second-order valence-electron chi connectivity index (χ2n) is 3.92.